The third-order valence-corrected chi connectivity index (χ3v) is 4.74. The number of nitrogens with two attached hydrogens (primary N) is 1. The molecule has 2 fully saturated rings. The third-order valence-electron chi connectivity index (χ3n) is 4.74. The van der Waals surface area contributed by atoms with Crippen LogP contribution in [-0.4, -0.2) is 40.2 Å². The van der Waals surface area contributed by atoms with E-state index < -0.39 is 5.82 Å². The number of fused-ring (bicyclic) bond motifs is 1. The van der Waals surface area contributed by atoms with Gasteiger partial charge in [0.25, 0.3) is 0 Å². The summed E-state index contributed by atoms with van der Waals surface area (Å²) in [6, 6.07) is 4.35. The molecule has 0 bridgehead atoms. The van der Waals surface area contributed by atoms with Gasteiger partial charge in [0, 0.05) is 31.1 Å². The molecule has 1 aliphatic heterocycles. The summed E-state index contributed by atoms with van der Waals surface area (Å²) < 4.78 is 13.4. The van der Waals surface area contributed by atoms with E-state index in [0.29, 0.717) is 23.9 Å². The number of aliphatic hydroxyl groups excluding tert-OH is 1. The quantitative estimate of drug-likeness (QED) is 0.338. The molecular formula is C15H20FN3O2. The van der Waals surface area contributed by atoms with Crippen LogP contribution in [0, 0.1) is 17.7 Å². The molecule has 0 amide bonds. The van der Waals surface area contributed by atoms with Gasteiger partial charge in [-0.15, -0.1) is 0 Å². The lowest BCUT2D eigenvalue weighted by atomic mass is 10.00. The highest BCUT2D eigenvalue weighted by Gasteiger charge is 2.41. The smallest absolute Gasteiger partial charge is 0.170 e. The first-order valence-corrected chi connectivity index (χ1v) is 7.25. The molecule has 3 rings (SSSR count). The zero-order chi connectivity index (χ0) is 15.0. The lowest BCUT2D eigenvalue weighted by Gasteiger charge is -2.19. The van der Waals surface area contributed by atoms with Crippen LogP contribution in [0.4, 0.5) is 4.39 Å². The molecule has 1 aliphatic carbocycles. The summed E-state index contributed by atoms with van der Waals surface area (Å²) in [5.74, 6) is 0.406. The summed E-state index contributed by atoms with van der Waals surface area (Å²) in [6.07, 6.45) is 1.77. The van der Waals surface area contributed by atoms with Gasteiger partial charge in [-0.2, -0.15) is 0 Å². The Kier molecular flexibility index (Phi) is 3.82. The number of rotatable bonds is 3. The van der Waals surface area contributed by atoms with Gasteiger partial charge in [0.05, 0.1) is 6.10 Å². The van der Waals surface area contributed by atoms with Crippen LogP contribution in [0.3, 0.4) is 0 Å². The highest BCUT2D eigenvalue weighted by molar-refractivity contribution is 5.98. The number of aliphatic hydroxyl groups is 1. The molecule has 1 aromatic carbocycles. The molecule has 0 spiro atoms. The Hall–Kier alpha value is -1.66. The second-order valence-corrected chi connectivity index (χ2v) is 6.05. The summed E-state index contributed by atoms with van der Waals surface area (Å²) in [5.41, 5.74) is 6.89. The van der Waals surface area contributed by atoms with E-state index in [-0.39, 0.29) is 11.9 Å². The van der Waals surface area contributed by atoms with Crippen LogP contribution >= 0.6 is 0 Å². The van der Waals surface area contributed by atoms with E-state index in [1.807, 2.05) is 0 Å². The number of likely N-dealkylation sites (tertiary alicyclic amines) is 1. The molecule has 0 aromatic heterocycles. The summed E-state index contributed by atoms with van der Waals surface area (Å²) in [5, 5.41) is 21.7. The van der Waals surface area contributed by atoms with E-state index >= 15 is 0 Å². The van der Waals surface area contributed by atoms with Gasteiger partial charge in [0.1, 0.15) is 5.82 Å². The highest BCUT2D eigenvalue weighted by atomic mass is 19.1. The minimum absolute atomic E-state index is 0.0797. The van der Waals surface area contributed by atoms with E-state index in [1.165, 1.54) is 12.1 Å². The highest BCUT2D eigenvalue weighted by Crippen LogP contribution is 2.38. The Morgan fingerprint density at radius 3 is 2.90 bits per heavy atom. The monoisotopic (exact) mass is 293 g/mol. The van der Waals surface area contributed by atoms with Gasteiger partial charge in [-0.1, -0.05) is 11.2 Å². The molecule has 114 valence electrons. The van der Waals surface area contributed by atoms with Crippen molar-refractivity contribution in [1.29, 1.82) is 0 Å². The maximum absolute atomic E-state index is 13.4. The largest absolute Gasteiger partial charge is 0.409 e. The first-order chi connectivity index (χ1) is 10.1. The van der Waals surface area contributed by atoms with E-state index in [9.17, 15) is 9.50 Å². The number of amidine groups is 1. The number of hydrogen-bond acceptors (Lipinski definition) is 4. The second-order valence-electron chi connectivity index (χ2n) is 6.05. The first kappa shape index (κ1) is 14.3. The standard InChI is InChI=1S/C15H20FN3O2/c16-11-3-1-9(12(5-11)15(17)18-21)6-19-7-10-2-4-14(20)13(10)8-19/h1,3,5,10,13-14,20-21H,2,4,6-8H2,(H2,17,18). The molecule has 1 saturated carbocycles. The molecule has 3 unspecified atom stereocenters. The molecule has 0 radical (unpaired) electrons. The Bertz CT molecular complexity index is 564. The predicted molar refractivity (Wildman–Crippen MR) is 76.4 cm³/mol. The Morgan fingerprint density at radius 2 is 2.19 bits per heavy atom. The molecule has 3 atom stereocenters. The minimum Gasteiger partial charge on any atom is -0.409 e. The topological polar surface area (TPSA) is 82.1 Å². The van der Waals surface area contributed by atoms with Crippen molar-refractivity contribution >= 4 is 5.84 Å². The van der Waals surface area contributed by atoms with Crippen molar-refractivity contribution in [2.75, 3.05) is 13.1 Å². The van der Waals surface area contributed by atoms with Crippen molar-refractivity contribution in [2.45, 2.75) is 25.5 Å². The fourth-order valence-electron chi connectivity index (χ4n) is 3.68. The van der Waals surface area contributed by atoms with Crippen LogP contribution < -0.4 is 5.73 Å². The Labute approximate surface area is 122 Å². The molecule has 1 aromatic rings. The summed E-state index contributed by atoms with van der Waals surface area (Å²) in [6.45, 7) is 2.40. The van der Waals surface area contributed by atoms with Gasteiger partial charge in [-0.25, -0.2) is 4.39 Å². The van der Waals surface area contributed by atoms with E-state index in [0.717, 1.165) is 31.5 Å². The number of benzene rings is 1. The van der Waals surface area contributed by atoms with Crippen molar-refractivity contribution < 1.29 is 14.7 Å². The average molecular weight is 293 g/mol. The minimum atomic E-state index is -0.408. The Balaban J connectivity index is 1.77. The zero-order valence-corrected chi connectivity index (χ0v) is 11.7. The van der Waals surface area contributed by atoms with E-state index in [4.69, 9.17) is 10.9 Å². The first-order valence-electron chi connectivity index (χ1n) is 7.25. The maximum Gasteiger partial charge on any atom is 0.170 e. The number of hydrogen-bond donors (Lipinski definition) is 3. The van der Waals surface area contributed by atoms with Crippen molar-refractivity contribution in [1.82, 2.24) is 4.90 Å². The van der Waals surface area contributed by atoms with Crippen molar-refractivity contribution in [3.05, 3.63) is 35.1 Å². The van der Waals surface area contributed by atoms with E-state index in [2.05, 4.69) is 10.1 Å². The molecular weight excluding hydrogens is 273 g/mol. The van der Waals surface area contributed by atoms with Crippen molar-refractivity contribution in [3.8, 4) is 0 Å². The van der Waals surface area contributed by atoms with Crippen LogP contribution in [0.2, 0.25) is 0 Å². The summed E-state index contributed by atoms with van der Waals surface area (Å²) in [4.78, 5) is 2.25. The molecule has 1 heterocycles. The molecule has 4 N–H and O–H groups in total. The molecule has 21 heavy (non-hydrogen) atoms. The fourth-order valence-corrected chi connectivity index (χ4v) is 3.68. The van der Waals surface area contributed by atoms with Gasteiger partial charge in [-0.3, -0.25) is 4.90 Å². The second kappa shape index (κ2) is 5.61. The number of nitrogens with zero attached hydrogens (tertiary/aromatic N) is 2. The van der Waals surface area contributed by atoms with Gasteiger partial charge in [-0.05, 0) is 36.5 Å². The summed E-state index contributed by atoms with van der Waals surface area (Å²) >= 11 is 0. The van der Waals surface area contributed by atoms with Crippen molar-refractivity contribution in [2.24, 2.45) is 22.7 Å². The summed E-state index contributed by atoms with van der Waals surface area (Å²) in [7, 11) is 0. The molecule has 5 nitrogen and oxygen atoms in total. The van der Waals surface area contributed by atoms with E-state index in [1.54, 1.807) is 6.07 Å². The number of oxime groups is 1. The predicted octanol–water partition coefficient (Wildman–Crippen LogP) is 1.12. The van der Waals surface area contributed by atoms with Gasteiger partial charge >= 0.3 is 0 Å². The van der Waals surface area contributed by atoms with Crippen LogP contribution in [-0.2, 0) is 6.54 Å². The lowest BCUT2D eigenvalue weighted by molar-refractivity contribution is 0.123. The van der Waals surface area contributed by atoms with Crippen LogP contribution in [0.5, 0.6) is 0 Å². The van der Waals surface area contributed by atoms with Gasteiger partial charge in [0.15, 0.2) is 5.84 Å². The van der Waals surface area contributed by atoms with Crippen molar-refractivity contribution in [3.63, 3.8) is 0 Å². The van der Waals surface area contributed by atoms with Crippen LogP contribution in [0.1, 0.15) is 24.0 Å². The van der Waals surface area contributed by atoms with Gasteiger partial charge in [0.2, 0.25) is 0 Å². The maximum atomic E-state index is 13.4. The van der Waals surface area contributed by atoms with Crippen LogP contribution in [0.15, 0.2) is 23.4 Å². The SMILES string of the molecule is N/C(=N/O)c1cc(F)ccc1CN1CC2CCC(O)C2C1. The molecule has 2 aliphatic rings. The average Bonchev–Trinajstić information content (AvgIpc) is 3.02. The van der Waals surface area contributed by atoms with Gasteiger partial charge < -0.3 is 16.0 Å². The zero-order valence-electron chi connectivity index (χ0n) is 11.7. The lowest BCUT2D eigenvalue weighted by Crippen LogP contribution is -2.26. The van der Waals surface area contributed by atoms with Crippen LogP contribution in [0.25, 0.3) is 0 Å². The fraction of sp³-hybridized carbons (Fsp3) is 0.533. The number of halogens is 1. The Morgan fingerprint density at radius 1 is 1.38 bits per heavy atom. The third kappa shape index (κ3) is 2.73. The normalized spacial score (nSPS) is 29.8. The molecule has 1 saturated heterocycles. The molecule has 6 heteroatoms.